The maximum atomic E-state index is 11.9. The number of nitrogens with zero attached hydrogens (tertiary/aromatic N) is 3. The predicted octanol–water partition coefficient (Wildman–Crippen LogP) is 2.17. The Hall–Kier alpha value is -1.85. The zero-order valence-corrected chi connectivity index (χ0v) is 12.4. The first kappa shape index (κ1) is 14.6. The van der Waals surface area contributed by atoms with Gasteiger partial charge in [0, 0.05) is 13.0 Å². The molecule has 2 rings (SSSR count). The largest absolute Gasteiger partial charge is 0.485 e. The summed E-state index contributed by atoms with van der Waals surface area (Å²) in [4.78, 5) is 21.8. The van der Waals surface area contributed by atoms with Crippen molar-refractivity contribution in [2.45, 2.75) is 45.8 Å². The standard InChI is InChI=1S/C14H21N3O3/c1-10-15-7-12(8-16-10)19-11-5-6-17(9-11)13(18)20-14(2,3)4/h7-8,11H,5-6,9H2,1-4H3/t11-/m1/s1. The number of hydrogen-bond donors (Lipinski definition) is 0. The van der Waals surface area contributed by atoms with Crippen molar-refractivity contribution in [3.8, 4) is 5.75 Å². The summed E-state index contributed by atoms with van der Waals surface area (Å²) in [5.74, 6) is 1.34. The van der Waals surface area contributed by atoms with Crippen LogP contribution >= 0.6 is 0 Å². The summed E-state index contributed by atoms with van der Waals surface area (Å²) in [5.41, 5.74) is -0.471. The number of ether oxygens (including phenoxy) is 2. The lowest BCUT2D eigenvalue weighted by Gasteiger charge is -2.24. The molecule has 2 heterocycles. The third-order valence-electron chi connectivity index (χ3n) is 2.86. The number of rotatable bonds is 2. The quantitative estimate of drug-likeness (QED) is 0.830. The predicted molar refractivity (Wildman–Crippen MR) is 73.6 cm³/mol. The monoisotopic (exact) mass is 279 g/mol. The van der Waals surface area contributed by atoms with E-state index in [-0.39, 0.29) is 12.2 Å². The summed E-state index contributed by atoms with van der Waals surface area (Å²) < 4.78 is 11.1. The minimum Gasteiger partial charge on any atom is -0.485 e. The Bertz CT molecular complexity index is 468. The Morgan fingerprint density at radius 2 is 2.00 bits per heavy atom. The number of carbonyl (C=O) groups is 1. The lowest BCUT2D eigenvalue weighted by atomic mass is 10.2. The normalized spacial score (nSPS) is 19.0. The third-order valence-corrected chi connectivity index (χ3v) is 2.86. The fourth-order valence-corrected chi connectivity index (χ4v) is 1.95. The van der Waals surface area contributed by atoms with E-state index in [1.807, 2.05) is 27.7 Å². The van der Waals surface area contributed by atoms with E-state index < -0.39 is 5.60 Å². The SMILES string of the molecule is Cc1ncc(O[C@@H]2CCN(C(=O)OC(C)(C)C)C2)cn1. The van der Waals surface area contributed by atoms with Gasteiger partial charge in [-0.15, -0.1) is 0 Å². The molecule has 0 aromatic carbocycles. The Labute approximate surface area is 119 Å². The molecule has 1 fully saturated rings. The molecule has 0 radical (unpaired) electrons. The highest BCUT2D eigenvalue weighted by Gasteiger charge is 2.30. The van der Waals surface area contributed by atoms with Crippen LogP contribution in [0, 0.1) is 6.92 Å². The molecule has 1 aromatic rings. The van der Waals surface area contributed by atoms with Crippen LogP contribution in [0.3, 0.4) is 0 Å². The van der Waals surface area contributed by atoms with Crippen LogP contribution in [0.5, 0.6) is 5.75 Å². The highest BCUT2D eigenvalue weighted by Crippen LogP contribution is 2.19. The van der Waals surface area contributed by atoms with E-state index in [0.29, 0.717) is 24.7 Å². The average Bonchev–Trinajstić information content (AvgIpc) is 2.79. The zero-order valence-electron chi connectivity index (χ0n) is 12.4. The Balaban J connectivity index is 1.86. The second-order valence-electron chi connectivity index (χ2n) is 5.92. The second-order valence-corrected chi connectivity index (χ2v) is 5.92. The topological polar surface area (TPSA) is 64.5 Å². The molecule has 6 nitrogen and oxygen atoms in total. The van der Waals surface area contributed by atoms with Gasteiger partial charge in [-0.1, -0.05) is 0 Å². The molecule has 1 aliphatic rings. The van der Waals surface area contributed by atoms with E-state index in [2.05, 4.69) is 9.97 Å². The molecule has 1 saturated heterocycles. The fraction of sp³-hybridized carbons (Fsp3) is 0.643. The van der Waals surface area contributed by atoms with Crippen LogP contribution in [0.15, 0.2) is 12.4 Å². The fourth-order valence-electron chi connectivity index (χ4n) is 1.95. The van der Waals surface area contributed by atoms with Crippen molar-refractivity contribution < 1.29 is 14.3 Å². The van der Waals surface area contributed by atoms with E-state index >= 15 is 0 Å². The van der Waals surface area contributed by atoms with E-state index in [1.54, 1.807) is 17.3 Å². The summed E-state index contributed by atoms with van der Waals surface area (Å²) in [7, 11) is 0. The molecule has 0 bridgehead atoms. The molecule has 1 atom stereocenters. The van der Waals surface area contributed by atoms with Gasteiger partial charge in [0.25, 0.3) is 0 Å². The molecule has 0 aliphatic carbocycles. The average molecular weight is 279 g/mol. The summed E-state index contributed by atoms with van der Waals surface area (Å²) in [6.45, 7) is 8.58. The molecule has 0 saturated carbocycles. The summed E-state index contributed by atoms with van der Waals surface area (Å²) in [6, 6.07) is 0. The molecular formula is C14H21N3O3. The van der Waals surface area contributed by atoms with Crippen LogP contribution in [-0.4, -0.2) is 45.8 Å². The van der Waals surface area contributed by atoms with Crippen molar-refractivity contribution in [2.75, 3.05) is 13.1 Å². The molecule has 1 aromatic heterocycles. The van der Waals surface area contributed by atoms with E-state index in [4.69, 9.17) is 9.47 Å². The van der Waals surface area contributed by atoms with Gasteiger partial charge in [0.2, 0.25) is 0 Å². The number of aryl methyl sites for hydroxylation is 1. The maximum absolute atomic E-state index is 11.9. The van der Waals surface area contributed by atoms with Gasteiger partial charge in [-0.2, -0.15) is 0 Å². The van der Waals surface area contributed by atoms with E-state index in [1.165, 1.54) is 0 Å². The smallest absolute Gasteiger partial charge is 0.410 e. The van der Waals surface area contributed by atoms with Crippen molar-refractivity contribution in [3.63, 3.8) is 0 Å². The molecular weight excluding hydrogens is 258 g/mol. The molecule has 6 heteroatoms. The van der Waals surface area contributed by atoms with Gasteiger partial charge < -0.3 is 14.4 Å². The van der Waals surface area contributed by atoms with Gasteiger partial charge >= 0.3 is 6.09 Å². The van der Waals surface area contributed by atoms with Crippen LogP contribution < -0.4 is 4.74 Å². The Morgan fingerprint density at radius 1 is 1.35 bits per heavy atom. The van der Waals surface area contributed by atoms with Gasteiger partial charge in [0.1, 0.15) is 17.5 Å². The Kier molecular flexibility index (Phi) is 4.11. The van der Waals surface area contributed by atoms with Gasteiger partial charge in [-0.25, -0.2) is 14.8 Å². The minimum atomic E-state index is -0.471. The number of hydrogen-bond acceptors (Lipinski definition) is 5. The van der Waals surface area contributed by atoms with Crippen molar-refractivity contribution in [2.24, 2.45) is 0 Å². The second kappa shape index (κ2) is 5.64. The van der Waals surface area contributed by atoms with Crippen LogP contribution in [0.2, 0.25) is 0 Å². The van der Waals surface area contributed by atoms with Crippen LogP contribution in [0.25, 0.3) is 0 Å². The van der Waals surface area contributed by atoms with E-state index in [9.17, 15) is 4.79 Å². The van der Waals surface area contributed by atoms with Crippen molar-refractivity contribution in [1.29, 1.82) is 0 Å². The Morgan fingerprint density at radius 3 is 2.60 bits per heavy atom. The summed E-state index contributed by atoms with van der Waals surface area (Å²) in [6.07, 6.45) is 3.77. The van der Waals surface area contributed by atoms with Gasteiger partial charge in [-0.05, 0) is 27.7 Å². The highest BCUT2D eigenvalue weighted by molar-refractivity contribution is 5.68. The minimum absolute atomic E-state index is 0.0335. The van der Waals surface area contributed by atoms with Gasteiger partial charge in [-0.3, -0.25) is 0 Å². The highest BCUT2D eigenvalue weighted by atomic mass is 16.6. The molecule has 20 heavy (non-hydrogen) atoms. The number of amides is 1. The van der Waals surface area contributed by atoms with Gasteiger partial charge in [0.05, 0.1) is 18.9 Å². The van der Waals surface area contributed by atoms with Crippen molar-refractivity contribution in [1.82, 2.24) is 14.9 Å². The molecule has 1 aliphatic heterocycles. The first-order valence-corrected chi connectivity index (χ1v) is 6.77. The lowest BCUT2D eigenvalue weighted by Crippen LogP contribution is -2.36. The van der Waals surface area contributed by atoms with Crippen LogP contribution in [0.4, 0.5) is 4.79 Å². The number of aromatic nitrogens is 2. The number of carbonyl (C=O) groups excluding carboxylic acids is 1. The molecule has 110 valence electrons. The third kappa shape index (κ3) is 4.08. The molecule has 0 N–H and O–H groups in total. The first-order valence-electron chi connectivity index (χ1n) is 6.77. The summed E-state index contributed by atoms with van der Waals surface area (Å²) in [5, 5.41) is 0. The van der Waals surface area contributed by atoms with Crippen molar-refractivity contribution in [3.05, 3.63) is 18.2 Å². The molecule has 0 spiro atoms. The first-order chi connectivity index (χ1) is 9.33. The van der Waals surface area contributed by atoms with Gasteiger partial charge in [0.15, 0.2) is 5.75 Å². The van der Waals surface area contributed by atoms with E-state index in [0.717, 1.165) is 6.42 Å². The summed E-state index contributed by atoms with van der Waals surface area (Å²) >= 11 is 0. The van der Waals surface area contributed by atoms with Crippen molar-refractivity contribution >= 4 is 6.09 Å². The zero-order chi connectivity index (χ0) is 14.8. The lowest BCUT2D eigenvalue weighted by molar-refractivity contribution is 0.0275. The van der Waals surface area contributed by atoms with Crippen LogP contribution in [0.1, 0.15) is 33.0 Å². The molecule has 1 amide bonds. The molecule has 0 unspecified atom stereocenters. The van der Waals surface area contributed by atoms with Crippen LogP contribution in [-0.2, 0) is 4.74 Å². The maximum Gasteiger partial charge on any atom is 0.410 e. The number of likely N-dealkylation sites (tertiary alicyclic amines) is 1.